The number of methoxy groups -OCH3 is 1. The van der Waals surface area contributed by atoms with E-state index in [4.69, 9.17) is 9.47 Å². The summed E-state index contributed by atoms with van der Waals surface area (Å²) in [5.41, 5.74) is 1.17. The van der Waals surface area contributed by atoms with Crippen molar-refractivity contribution in [1.82, 2.24) is 10.6 Å². The molecule has 0 heterocycles. The Hall–Kier alpha value is -1.59. The van der Waals surface area contributed by atoms with Crippen LogP contribution in [0, 0.1) is 0 Å². The largest absolute Gasteiger partial charge is 0.481 e. The molecule has 0 spiro atoms. The van der Waals surface area contributed by atoms with Gasteiger partial charge in [0.2, 0.25) is 0 Å². The third-order valence-corrected chi connectivity index (χ3v) is 2.77. The minimum absolute atomic E-state index is 0.0993. The van der Waals surface area contributed by atoms with Crippen LogP contribution in [0.3, 0.4) is 0 Å². The highest BCUT2D eigenvalue weighted by atomic mass is 16.5. The Bertz CT molecular complexity index is 393. The SMILES string of the molecule is CCNC(=O)C(C)Oc1ccc(CNCCOC)cc1. The number of ether oxygens (including phenoxy) is 2. The molecular weight excluding hydrogens is 256 g/mol. The maximum absolute atomic E-state index is 11.6. The molecule has 1 unspecified atom stereocenters. The number of hydrogen-bond acceptors (Lipinski definition) is 4. The van der Waals surface area contributed by atoms with Gasteiger partial charge in [0.1, 0.15) is 5.75 Å². The lowest BCUT2D eigenvalue weighted by Crippen LogP contribution is -2.36. The third kappa shape index (κ3) is 6.04. The van der Waals surface area contributed by atoms with Crippen LogP contribution in [0.25, 0.3) is 0 Å². The molecule has 0 aliphatic carbocycles. The number of hydrogen-bond donors (Lipinski definition) is 2. The summed E-state index contributed by atoms with van der Waals surface area (Å²) >= 11 is 0. The van der Waals surface area contributed by atoms with Gasteiger partial charge >= 0.3 is 0 Å². The van der Waals surface area contributed by atoms with E-state index in [0.717, 1.165) is 13.1 Å². The highest BCUT2D eigenvalue weighted by molar-refractivity contribution is 5.80. The second kappa shape index (κ2) is 9.34. The number of carbonyl (C=O) groups excluding carboxylic acids is 1. The predicted octanol–water partition coefficient (Wildman–Crippen LogP) is 1.33. The summed E-state index contributed by atoms with van der Waals surface area (Å²) in [6, 6.07) is 7.73. The second-order valence-corrected chi connectivity index (χ2v) is 4.47. The molecule has 1 aromatic rings. The van der Waals surface area contributed by atoms with Crippen molar-refractivity contribution in [3.8, 4) is 5.75 Å². The van der Waals surface area contributed by atoms with Gasteiger partial charge in [-0.15, -0.1) is 0 Å². The lowest BCUT2D eigenvalue weighted by atomic mass is 10.2. The fraction of sp³-hybridized carbons (Fsp3) is 0.533. The average Bonchev–Trinajstić information content (AvgIpc) is 2.45. The van der Waals surface area contributed by atoms with Crippen LogP contribution in [-0.4, -0.2) is 38.8 Å². The molecule has 2 N–H and O–H groups in total. The molecule has 0 saturated carbocycles. The van der Waals surface area contributed by atoms with Gasteiger partial charge in [-0.05, 0) is 31.5 Å². The normalized spacial score (nSPS) is 11.9. The molecule has 20 heavy (non-hydrogen) atoms. The zero-order valence-electron chi connectivity index (χ0n) is 12.4. The minimum atomic E-state index is -0.486. The van der Waals surface area contributed by atoms with Gasteiger partial charge in [0.05, 0.1) is 6.61 Å². The summed E-state index contributed by atoms with van der Waals surface area (Å²) in [5.74, 6) is 0.599. The van der Waals surface area contributed by atoms with E-state index in [1.54, 1.807) is 14.0 Å². The molecule has 5 nitrogen and oxygen atoms in total. The molecule has 0 fully saturated rings. The fourth-order valence-electron chi connectivity index (χ4n) is 1.67. The van der Waals surface area contributed by atoms with Crippen LogP contribution in [0.2, 0.25) is 0 Å². The Labute approximate surface area is 120 Å². The van der Waals surface area contributed by atoms with Gasteiger partial charge in [0, 0.05) is 26.7 Å². The Kier molecular flexibility index (Phi) is 7.69. The van der Waals surface area contributed by atoms with Crippen molar-refractivity contribution in [2.24, 2.45) is 0 Å². The lowest BCUT2D eigenvalue weighted by Gasteiger charge is -2.14. The molecule has 0 saturated heterocycles. The number of amides is 1. The smallest absolute Gasteiger partial charge is 0.260 e. The molecule has 1 amide bonds. The molecule has 0 radical (unpaired) electrons. The first-order valence-corrected chi connectivity index (χ1v) is 6.90. The first-order chi connectivity index (χ1) is 9.67. The van der Waals surface area contributed by atoms with Crippen molar-refractivity contribution >= 4 is 5.91 Å². The Morgan fingerprint density at radius 2 is 2.00 bits per heavy atom. The van der Waals surface area contributed by atoms with Crippen LogP contribution < -0.4 is 15.4 Å². The van der Waals surface area contributed by atoms with E-state index in [1.807, 2.05) is 31.2 Å². The molecule has 0 bridgehead atoms. The number of likely N-dealkylation sites (N-methyl/N-ethyl adjacent to an activating group) is 1. The van der Waals surface area contributed by atoms with E-state index in [0.29, 0.717) is 18.9 Å². The van der Waals surface area contributed by atoms with Gasteiger partial charge in [-0.3, -0.25) is 4.79 Å². The average molecular weight is 280 g/mol. The molecule has 0 aliphatic heterocycles. The van der Waals surface area contributed by atoms with Gasteiger partial charge in [0.15, 0.2) is 6.10 Å². The van der Waals surface area contributed by atoms with E-state index in [9.17, 15) is 4.79 Å². The van der Waals surface area contributed by atoms with E-state index >= 15 is 0 Å². The van der Waals surface area contributed by atoms with Crippen LogP contribution in [0.5, 0.6) is 5.75 Å². The molecule has 5 heteroatoms. The molecule has 0 aliphatic rings. The van der Waals surface area contributed by atoms with E-state index in [1.165, 1.54) is 5.56 Å². The maximum atomic E-state index is 11.6. The first-order valence-electron chi connectivity index (χ1n) is 6.90. The van der Waals surface area contributed by atoms with Crippen LogP contribution in [0.4, 0.5) is 0 Å². The van der Waals surface area contributed by atoms with Crippen molar-refractivity contribution in [2.75, 3.05) is 26.8 Å². The Morgan fingerprint density at radius 3 is 2.60 bits per heavy atom. The summed E-state index contributed by atoms with van der Waals surface area (Å²) in [6.07, 6.45) is -0.486. The van der Waals surface area contributed by atoms with Crippen LogP contribution in [0.15, 0.2) is 24.3 Å². The number of benzene rings is 1. The summed E-state index contributed by atoms with van der Waals surface area (Å²) in [7, 11) is 1.68. The minimum Gasteiger partial charge on any atom is -0.481 e. The predicted molar refractivity (Wildman–Crippen MR) is 78.8 cm³/mol. The van der Waals surface area contributed by atoms with Crippen LogP contribution in [-0.2, 0) is 16.1 Å². The quantitative estimate of drug-likeness (QED) is 0.670. The Balaban J connectivity index is 2.40. The maximum Gasteiger partial charge on any atom is 0.260 e. The highest BCUT2D eigenvalue weighted by Crippen LogP contribution is 2.13. The van der Waals surface area contributed by atoms with Crippen molar-refractivity contribution in [3.05, 3.63) is 29.8 Å². The van der Waals surface area contributed by atoms with E-state index < -0.39 is 6.10 Å². The zero-order valence-corrected chi connectivity index (χ0v) is 12.4. The Morgan fingerprint density at radius 1 is 1.30 bits per heavy atom. The topological polar surface area (TPSA) is 59.6 Å². The van der Waals surface area contributed by atoms with Gasteiger partial charge in [-0.25, -0.2) is 0 Å². The highest BCUT2D eigenvalue weighted by Gasteiger charge is 2.12. The second-order valence-electron chi connectivity index (χ2n) is 4.47. The van der Waals surface area contributed by atoms with Gasteiger partial charge in [-0.2, -0.15) is 0 Å². The van der Waals surface area contributed by atoms with Crippen molar-refractivity contribution in [1.29, 1.82) is 0 Å². The van der Waals surface area contributed by atoms with Gasteiger partial charge < -0.3 is 20.1 Å². The van der Waals surface area contributed by atoms with Gasteiger partial charge in [0.25, 0.3) is 5.91 Å². The lowest BCUT2D eigenvalue weighted by molar-refractivity contribution is -0.127. The van der Waals surface area contributed by atoms with Crippen LogP contribution >= 0.6 is 0 Å². The molecular formula is C15H24N2O3. The third-order valence-electron chi connectivity index (χ3n) is 2.77. The summed E-state index contributed by atoms with van der Waals surface area (Å²) in [6.45, 7) is 6.55. The van der Waals surface area contributed by atoms with E-state index in [-0.39, 0.29) is 5.91 Å². The summed E-state index contributed by atoms with van der Waals surface area (Å²) in [5, 5.41) is 6.00. The van der Waals surface area contributed by atoms with Gasteiger partial charge in [-0.1, -0.05) is 12.1 Å². The zero-order chi connectivity index (χ0) is 14.8. The molecule has 0 aromatic heterocycles. The van der Waals surface area contributed by atoms with Crippen molar-refractivity contribution < 1.29 is 14.3 Å². The first kappa shape index (κ1) is 16.5. The van der Waals surface area contributed by atoms with E-state index in [2.05, 4.69) is 10.6 Å². The molecule has 112 valence electrons. The number of nitrogens with one attached hydrogen (secondary N) is 2. The van der Waals surface area contributed by atoms with Crippen molar-refractivity contribution in [3.63, 3.8) is 0 Å². The monoisotopic (exact) mass is 280 g/mol. The molecule has 1 aromatic carbocycles. The molecule has 1 rings (SSSR count). The fourth-order valence-corrected chi connectivity index (χ4v) is 1.67. The number of carbonyl (C=O) groups is 1. The summed E-state index contributed by atoms with van der Waals surface area (Å²) in [4.78, 5) is 11.6. The number of rotatable bonds is 9. The summed E-state index contributed by atoms with van der Waals surface area (Å²) < 4.78 is 10.5. The molecule has 1 atom stereocenters. The standard InChI is InChI=1S/C15H24N2O3/c1-4-17-15(18)12(2)20-14-7-5-13(6-8-14)11-16-9-10-19-3/h5-8,12,16H,4,9-11H2,1-3H3,(H,17,18). The van der Waals surface area contributed by atoms with Crippen molar-refractivity contribution in [2.45, 2.75) is 26.5 Å². The van der Waals surface area contributed by atoms with Crippen LogP contribution in [0.1, 0.15) is 19.4 Å².